The highest BCUT2D eigenvalue weighted by Gasteiger charge is 2.33. The number of nitriles is 1. The number of fused-ring (bicyclic) bond motifs is 4. The molecule has 5 heterocycles. The average molecular weight is 456 g/mol. The average Bonchev–Trinajstić information content (AvgIpc) is 3.47. The third-order valence-electron chi connectivity index (χ3n) is 7.41. The van der Waals surface area contributed by atoms with Crippen LogP contribution in [0.2, 0.25) is 0 Å². The van der Waals surface area contributed by atoms with Crippen LogP contribution in [0.1, 0.15) is 18.4 Å². The first-order valence-electron chi connectivity index (χ1n) is 11.8. The Morgan fingerprint density at radius 3 is 2.74 bits per heavy atom. The van der Waals surface area contributed by atoms with E-state index in [4.69, 9.17) is 10.4 Å². The third-order valence-corrected chi connectivity index (χ3v) is 7.41. The van der Waals surface area contributed by atoms with Gasteiger partial charge in [-0.2, -0.15) is 10.4 Å². The monoisotopic (exact) mass is 455 g/mol. The van der Waals surface area contributed by atoms with Crippen molar-refractivity contribution in [3.63, 3.8) is 0 Å². The van der Waals surface area contributed by atoms with Gasteiger partial charge >= 0.3 is 0 Å². The summed E-state index contributed by atoms with van der Waals surface area (Å²) >= 11 is 0. The van der Waals surface area contributed by atoms with E-state index in [0.29, 0.717) is 11.5 Å². The van der Waals surface area contributed by atoms with Crippen LogP contribution in [0.4, 0.5) is 10.2 Å². The lowest BCUT2D eigenvalue weighted by molar-refractivity contribution is 0.0574. The Bertz CT molecular complexity index is 1400. The molecule has 3 aliphatic heterocycles. The Balaban J connectivity index is 1.36. The molecule has 2 aromatic carbocycles. The van der Waals surface area contributed by atoms with Crippen LogP contribution >= 0.6 is 0 Å². The number of hydrogen-bond acceptors (Lipinski definition) is 5. The Hall–Kier alpha value is -3.70. The van der Waals surface area contributed by atoms with E-state index in [0.717, 1.165) is 47.1 Å². The number of halogens is 1. The van der Waals surface area contributed by atoms with Crippen molar-refractivity contribution in [3.8, 4) is 23.0 Å². The summed E-state index contributed by atoms with van der Waals surface area (Å²) in [5, 5.41) is 22.9. The molecule has 8 heteroatoms. The van der Waals surface area contributed by atoms with E-state index >= 15 is 0 Å². The minimum atomic E-state index is -0.530. The molecule has 34 heavy (non-hydrogen) atoms. The van der Waals surface area contributed by atoms with Gasteiger partial charge in [0.2, 0.25) is 0 Å². The number of nitrogens with one attached hydrogen (secondary N) is 1. The minimum absolute atomic E-state index is 0.0345. The van der Waals surface area contributed by atoms with E-state index in [-0.39, 0.29) is 5.56 Å². The fourth-order valence-corrected chi connectivity index (χ4v) is 5.47. The van der Waals surface area contributed by atoms with Gasteiger partial charge in [0.1, 0.15) is 17.7 Å². The number of piperidine rings is 3. The number of hydrogen-bond donors (Lipinski definition) is 1. The van der Waals surface area contributed by atoms with Crippen LogP contribution in [-0.2, 0) is 7.05 Å². The van der Waals surface area contributed by atoms with Crippen molar-refractivity contribution in [2.75, 3.05) is 31.5 Å². The second-order valence-electron chi connectivity index (χ2n) is 9.42. The minimum Gasteiger partial charge on any atom is -0.368 e. The summed E-state index contributed by atoms with van der Waals surface area (Å²) in [6, 6.07) is 14.6. The highest BCUT2D eigenvalue weighted by Crippen LogP contribution is 2.33. The number of anilines is 1. The van der Waals surface area contributed by atoms with E-state index in [2.05, 4.69) is 15.3 Å². The Morgan fingerprint density at radius 1 is 1.15 bits per heavy atom. The molecular formula is C26H26FN7. The van der Waals surface area contributed by atoms with E-state index in [1.807, 2.05) is 52.9 Å². The van der Waals surface area contributed by atoms with Crippen LogP contribution < -0.4 is 5.32 Å². The van der Waals surface area contributed by atoms with Gasteiger partial charge in [-0.3, -0.25) is 4.68 Å². The number of benzene rings is 2. The zero-order valence-electron chi connectivity index (χ0n) is 19.1. The molecule has 0 radical (unpaired) electrons. The van der Waals surface area contributed by atoms with Gasteiger partial charge in [-0.15, -0.1) is 5.10 Å². The summed E-state index contributed by atoms with van der Waals surface area (Å²) in [6.45, 7) is 4.47. The lowest BCUT2D eigenvalue weighted by Gasteiger charge is -2.44. The first-order valence-corrected chi connectivity index (χ1v) is 11.8. The van der Waals surface area contributed by atoms with Crippen molar-refractivity contribution in [1.82, 2.24) is 24.5 Å². The van der Waals surface area contributed by atoms with Gasteiger partial charge in [0.15, 0.2) is 0 Å². The quantitative estimate of drug-likeness (QED) is 0.488. The molecular weight excluding hydrogens is 429 g/mol. The van der Waals surface area contributed by atoms with Crippen LogP contribution in [0.5, 0.6) is 0 Å². The molecule has 3 aliphatic rings. The van der Waals surface area contributed by atoms with Gasteiger partial charge in [-0.25, -0.2) is 9.07 Å². The molecule has 0 aliphatic carbocycles. The Morgan fingerprint density at radius 2 is 2.00 bits per heavy atom. The summed E-state index contributed by atoms with van der Waals surface area (Å²) in [5.41, 5.74) is 3.38. The normalized spacial score (nSPS) is 21.6. The molecule has 3 fully saturated rings. The van der Waals surface area contributed by atoms with Crippen molar-refractivity contribution < 1.29 is 4.39 Å². The molecule has 7 rings (SSSR count). The summed E-state index contributed by atoms with van der Waals surface area (Å²) in [5.74, 6) is 1.63. The second-order valence-corrected chi connectivity index (χ2v) is 9.42. The molecule has 7 nitrogen and oxygen atoms in total. The third kappa shape index (κ3) is 3.62. The van der Waals surface area contributed by atoms with Gasteiger partial charge in [0.25, 0.3) is 0 Å². The summed E-state index contributed by atoms with van der Waals surface area (Å²) in [6.07, 6.45) is 4.39. The van der Waals surface area contributed by atoms with Gasteiger partial charge in [0.05, 0.1) is 28.7 Å². The molecule has 1 N–H and O–H groups in total. The molecule has 0 saturated carbocycles. The molecule has 4 aromatic rings. The van der Waals surface area contributed by atoms with E-state index in [1.165, 1.54) is 38.1 Å². The Labute approximate surface area is 197 Å². The van der Waals surface area contributed by atoms with Crippen LogP contribution in [0, 0.1) is 29.0 Å². The number of aryl methyl sites for hydroxylation is 1. The smallest absolute Gasteiger partial charge is 0.149 e. The van der Waals surface area contributed by atoms with Crippen LogP contribution in [0.3, 0.4) is 0 Å². The van der Waals surface area contributed by atoms with Gasteiger partial charge in [-0.05, 0) is 68.1 Å². The number of nitrogens with zero attached hydrogens (tertiary/aromatic N) is 6. The highest BCUT2D eigenvalue weighted by molar-refractivity contribution is 5.81. The Kier molecular flexibility index (Phi) is 5.07. The van der Waals surface area contributed by atoms with Gasteiger partial charge < -0.3 is 10.2 Å². The predicted molar refractivity (Wildman–Crippen MR) is 129 cm³/mol. The van der Waals surface area contributed by atoms with Crippen molar-refractivity contribution in [2.24, 2.45) is 18.9 Å². The van der Waals surface area contributed by atoms with E-state index < -0.39 is 5.82 Å². The van der Waals surface area contributed by atoms with Gasteiger partial charge in [0, 0.05) is 37.2 Å². The predicted octanol–water partition coefficient (Wildman–Crippen LogP) is 4.19. The maximum absolute atomic E-state index is 14.5. The standard InChI is InChI=1S/C26H26FN7/c1-32-24-5-4-22(10-20(24)15-30-32)34-25(18-2-3-19(13-28)23(27)11-18)12-26(31-34)29-14-21-16-33-8-6-17(21)7-9-33/h2-5,10-12,15,17,21H,6-9,14,16H2,1H3,(H,29,31)/t21-/m0/s1. The molecule has 0 spiro atoms. The second kappa shape index (κ2) is 8.26. The van der Waals surface area contributed by atoms with Crippen molar-refractivity contribution >= 4 is 16.7 Å². The van der Waals surface area contributed by atoms with Crippen molar-refractivity contribution in [3.05, 3.63) is 60.0 Å². The molecule has 2 aromatic heterocycles. The van der Waals surface area contributed by atoms with Crippen molar-refractivity contribution in [1.29, 1.82) is 5.26 Å². The molecule has 0 amide bonds. The summed E-state index contributed by atoms with van der Waals surface area (Å²) in [7, 11) is 1.91. The van der Waals surface area contributed by atoms with Crippen LogP contribution in [0.25, 0.3) is 27.8 Å². The molecule has 0 unspecified atom stereocenters. The van der Waals surface area contributed by atoms with Crippen LogP contribution in [-0.4, -0.2) is 50.6 Å². The first kappa shape index (κ1) is 20.9. The lowest BCUT2D eigenvalue weighted by Crippen LogP contribution is -2.49. The molecule has 172 valence electrons. The van der Waals surface area contributed by atoms with E-state index in [9.17, 15) is 4.39 Å². The van der Waals surface area contributed by atoms with E-state index in [1.54, 1.807) is 6.07 Å². The molecule has 1 atom stereocenters. The van der Waals surface area contributed by atoms with Gasteiger partial charge in [-0.1, -0.05) is 6.07 Å². The topological polar surface area (TPSA) is 74.7 Å². The lowest BCUT2D eigenvalue weighted by atomic mass is 9.79. The first-order chi connectivity index (χ1) is 16.6. The molecule has 2 bridgehead atoms. The summed E-state index contributed by atoms with van der Waals surface area (Å²) < 4.78 is 18.2. The van der Waals surface area contributed by atoms with Crippen LogP contribution in [0.15, 0.2) is 48.7 Å². The highest BCUT2D eigenvalue weighted by atomic mass is 19.1. The number of rotatable bonds is 5. The zero-order chi connectivity index (χ0) is 23.2. The molecule has 3 saturated heterocycles. The number of aromatic nitrogens is 4. The largest absolute Gasteiger partial charge is 0.368 e. The summed E-state index contributed by atoms with van der Waals surface area (Å²) in [4.78, 5) is 2.55. The maximum atomic E-state index is 14.5. The zero-order valence-corrected chi connectivity index (χ0v) is 19.1. The maximum Gasteiger partial charge on any atom is 0.149 e. The SMILES string of the molecule is Cn1ncc2cc(-n3nc(NC[C@H]4CN5CCC4CC5)cc3-c3ccc(C#N)c(F)c3)ccc21. The fraction of sp³-hybridized carbons (Fsp3) is 0.346. The van der Waals surface area contributed by atoms with Crippen molar-refractivity contribution in [2.45, 2.75) is 12.8 Å². The fourth-order valence-electron chi connectivity index (χ4n) is 5.47.